The Labute approximate surface area is 477 Å². The number of unbranched alkanes of at least 4 members (excludes halogenated alkanes) is 35. The van der Waals surface area contributed by atoms with Crippen LogP contribution in [-0.4, -0.2) is 37.2 Å². The van der Waals surface area contributed by atoms with E-state index in [1.54, 1.807) is 0 Å². The summed E-state index contributed by atoms with van der Waals surface area (Å²) in [5, 5.41) is 0. The molecule has 6 nitrogen and oxygen atoms in total. The minimum absolute atomic E-state index is 0.0755. The van der Waals surface area contributed by atoms with Gasteiger partial charge in [-0.25, -0.2) is 0 Å². The first-order valence-electron chi connectivity index (χ1n) is 33.1. The minimum Gasteiger partial charge on any atom is -0.462 e. The van der Waals surface area contributed by atoms with Crippen LogP contribution in [0.2, 0.25) is 0 Å². The molecule has 0 aromatic heterocycles. The molecule has 1 unspecified atom stereocenters. The van der Waals surface area contributed by atoms with Gasteiger partial charge in [0.05, 0.1) is 0 Å². The number of carbonyl (C=O) groups is 3. The molecule has 0 fully saturated rings. The Balaban J connectivity index is 4.01. The van der Waals surface area contributed by atoms with Crippen molar-refractivity contribution in [3.8, 4) is 0 Å². The van der Waals surface area contributed by atoms with Crippen molar-refractivity contribution in [3.63, 3.8) is 0 Å². The normalized spacial score (nSPS) is 12.6. The van der Waals surface area contributed by atoms with Crippen molar-refractivity contribution < 1.29 is 28.6 Å². The van der Waals surface area contributed by atoms with E-state index in [1.807, 2.05) is 0 Å². The molecule has 6 heteroatoms. The molecule has 0 radical (unpaired) electrons. The second-order valence-corrected chi connectivity index (χ2v) is 22.0. The fraction of sp³-hybridized carbons (Fsp3) is 0.761. The van der Waals surface area contributed by atoms with Crippen LogP contribution in [0.25, 0.3) is 0 Å². The van der Waals surface area contributed by atoms with Crippen LogP contribution in [0.3, 0.4) is 0 Å². The van der Waals surface area contributed by atoms with Crippen molar-refractivity contribution in [2.45, 2.75) is 335 Å². The first-order chi connectivity index (χ1) is 38.0. The molecule has 77 heavy (non-hydrogen) atoms. The lowest BCUT2D eigenvalue weighted by molar-refractivity contribution is -0.167. The van der Waals surface area contributed by atoms with Gasteiger partial charge in [0.25, 0.3) is 0 Å². The third kappa shape index (κ3) is 63.3. The molecule has 0 amide bonds. The average molecular weight is 1070 g/mol. The van der Waals surface area contributed by atoms with Gasteiger partial charge in [-0.15, -0.1) is 0 Å². The van der Waals surface area contributed by atoms with Crippen LogP contribution < -0.4 is 0 Å². The lowest BCUT2D eigenvalue weighted by Crippen LogP contribution is -2.30. The SMILES string of the molecule is CC/C=C\C/C=C\C/C=C\C/C=C\C/C=C\CCCCCCCCCCCCCC(=O)OCC(COC(=O)CCCCCCC)OC(=O)CCCCCCCCCCCCCCCCC/C=C\C/C=C\CCCCCCC. The Kier molecular flexibility index (Phi) is 62.2. The summed E-state index contributed by atoms with van der Waals surface area (Å²) in [6.45, 7) is 6.46. The van der Waals surface area contributed by atoms with Gasteiger partial charge in [0.1, 0.15) is 13.2 Å². The first kappa shape index (κ1) is 73.6. The van der Waals surface area contributed by atoms with E-state index in [1.165, 1.54) is 186 Å². The van der Waals surface area contributed by atoms with Gasteiger partial charge in [-0.1, -0.05) is 298 Å². The maximum Gasteiger partial charge on any atom is 0.306 e. The van der Waals surface area contributed by atoms with Crippen molar-refractivity contribution in [3.05, 3.63) is 85.1 Å². The third-order valence-corrected chi connectivity index (χ3v) is 14.4. The second-order valence-electron chi connectivity index (χ2n) is 22.0. The lowest BCUT2D eigenvalue weighted by Gasteiger charge is -2.18. The minimum atomic E-state index is -0.774. The van der Waals surface area contributed by atoms with Crippen LogP contribution in [0.1, 0.15) is 329 Å². The fourth-order valence-electron chi connectivity index (χ4n) is 9.44. The van der Waals surface area contributed by atoms with E-state index >= 15 is 0 Å². The van der Waals surface area contributed by atoms with Gasteiger partial charge in [-0.3, -0.25) is 14.4 Å². The summed E-state index contributed by atoms with van der Waals surface area (Å²) in [6, 6.07) is 0. The molecule has 0 aliphatic rings. The molecule has 0 bridgehead atoms. The number of rotatable bonds is 60. The molecule has 0 aromatic rings. The summed E-state index contributed by atoms with van der Waals surface area (Å²) in [6.07, 6.45) is 86.5. The molecule has 0 N–H and O–H groups in total. The molecule has 0 aromatic carbocycles. The number of esters is 3. The summed E-state index contributed by atoms with van der Waals surface area (Å²) in [5.41, 5.74) is 0. The predicted octanol–water partition coefficient (Wildman–Crippen LogP) is 22.7. The van der Waals surface area contributed by atoms with Gasteiger partial charge < -0.3 is 14.2 Å². The number of allylic oxidation sites excluding steroid dienone is 14. The first-order valence-corrected chi connectivity index (χ1v) is 33.1. The van der Waals surface area contributed by atoms with Gasteiger partial charge in [0.15, 0.2) is 6.10 Å². The zero-order chi connectivity index (χ0) is 55.7. The van der Waals surface area contributed by atoms with Crippen molar-refractivity contribution in [2.75, 3.05) is 13.2 Å². The zero-order valence-electron chi connectivity index (χ0n) is 51.0. The summed E-state index contributed by atoms with van der Waals surface area (Å²) in [4.78, 5) is 38.0. The van der Waals surface area contributed by atoms with E-state index in [0.29, 0.717) is 19.3 Å². The van der Waals surface area contributed by atoms with E-state index < -0.39 is 6.10 Å². The Morgan fingerprint density at radius 2 is 0.506 bits per heavy atom. The van der Waals surface area contributed by atoms with Crippen LogP contribution in [0.5, 0.6) is 0 Å². The summed E-state index contributed by atoms with van der Waals surface area (Å²) >= 11 is 0. The van der Waals surface area contributed by atoms with Crippen molar-refractivity contribution >= 4 is 17.9 Å². The summed E-state index contributed by atoms with van der Waals surface area (Å²) in [7, 11) is 0. The van der Waals surface area contributed by atoms with Gasteiger partial charge in [-0.2, -0.15) is 0 Å². The number of hydrogen-bond acceptors (Lipinski definition) is 6. The predicted molar refractivity (Wildman–Crippen MR) is 334 cm³/mol. The maximum atomic E-state index is 12.8. The van der Waals surface area contributed by atoms with Gasteiger partial charge in [0.2, 0.25) is 0 Å². The van der Waals surface area contributed by atoms with E-state index in [2.05, 4.69) is 106 Å². The average Bonchev–Trinajstić information content (AvgIpc) is 3.43. The summed E-state index contributed by atoms with van der Waals surface area (Å²) in [5.74, 6) is -0.880. The highest BCUT2D eigenvalue weighted by Crippen LogP contribution is 2.17. The largest absolute Gasteiger partial charge is 0.462 e. The molecule has 0 spiro atoms. The van der Waals surface area contributed by atoms with Gasteiger partial charge in [0, 0.05) is 19.3 Å². The molecule has 0 aliphatic carbocycles. The molecule has 0 rings (SSSR count). The topological polar surface area (TPSA) is 78.9 Å². The Hall–Kier alpha value is -3.41. The Morgan fingerprint density at radius 3 is 0.792 bits per heavy atom. The molecule has 0 aliphatic heterocycles. The zero-order valence-corrected chi connectivity index (χ0v) is 51.0. The van der Waals surface area contributed by atoms with E-state index in [4.69, 9.17) is 14.2 Å². The van der Waals surface area contributed by atoms with Crippen molar-refractivity contribution in [1.82, 2.24) is 0 Å². The number of hydrogen-bond donors (Lipinski definition) is 0. The van der Waals surface area contributed by atoms with Crippen LogP contribution in [0, 0.1) is 0 Å². The van der Waals surface area contributed by atoms with Crippen LogP contribution in [0.4, 0.5) is 0 Å². The van der Waals surface area contributed by atoms with E-state index in [0.717, 1.165) is 103 Å². The highest BCUT2D eigenvalue weighted by atomic mass is 16.6. The number of ether oxygens (including phenoxy) is 3. The number of carbonyl (C=O) groups excluding carboxylic acids is 3. The lowest BCUT2D eigenvalue weighted by atomic mass is 10.0. The monoisotopic (exact) mass is 1070 g/mol. The molecule has 0 saturated heterocycles. The quantitative estimate of drug-likeness (QED) is 0.0261. The standard InChI is InChI=1S/C71H124O6/c1-4-7-10-13-15-17-19-21-23-25-27-29-31-33-35-37-39-41-43-45-47-49-51-53-55-58-61-64-70(73)76-67-68(66-75-69(72)63-60-57-12-9-6-3)77-71(74)65-62-59-56-54-52-50-48-46-44-42-40-38-36-34-32-30-28-26-24-22-20-18-16-14-11-8-5-2/h7,10,15,17,20-23,26-29,33,35,68H,4-6,8-9,11-14,16,18-19,24-25,30-32,34,36-67H2,1-3H3/b10-7-,17-15-,22-20-,23-21-,28-26-,29-27-,35-33-. The highest BCUT2D eigenvalue weighted by molar-refractivity contribution is 5.71. The molecule has 1 atom stereocenters. The van der Waals surface area contributed by atoms with Gasteiger partial charge >= 0.3 is 17.9 Å². The molecule has 0 heterocycles. The molecule has 0 saturated carbocycles. The maximum absolute atomic E-state index is 12.8. The molecule has 444 valence electrons. The van der Waals surface area contributed by atoms with Crippen LogP contribution in [-0.2, 0) is 28.6 Å². The second kappa shape index (κ2) is 65.1. The molecular formula is C71H124O6. The van der Waals surface area contributed by atoms with E-state index in [9.17, 15) is 14.4 Å². The van der Waals surface area contributed by atoms with Crippen LogP contribution >= 0.6 is 0 Å². The summed E-state index contributed by atoms with van der Waals surface area (Å²) < 4.78 is 16.8. The smallest absolute Gasteiger partial charge is 0.306 e. The fourth-order valence-corrected chi connectivity index (χ4v) is 9.44. The third-order valence-electron chi connectivity index (χ3n) is 14.4. The van der Waals surface area contributed by atoms with Crippen LogP contribution in [0.15, 0.2) is 85.1 Å². The Bertz CT molecular complexity index is 1470. The van der Waals surface area contributed by atoms with Crippen molar-refractivity contribution in [2.24, 2.45) is 0 Å². The molecular weight excluding hydrogens is 949 g/mol. The highest BCUT2D eigenvalue weighted by Gasteiger charge is 2.19. The van der Waals surface area contributed by atoms with E-state index in [-0.39, 0.29) is 31.1 Å². The van der Waals surface area contributed by atoms with Crippen molar-refractivity contribution in [1.29, 1.82) is 0 Å². The Morgan fingerprint density at radius 1 is 0.273 bits per heavy atom. The van der Waals surface area contributed by atoms with Gasteiger partial charge in [-0.05, 0) is 96.3 Å².